The van der Waals surface area contributed by atoms with Crippen molar-refractivity contribution in [1.82, 2.24) is 9.78 Å². The van der Waals surface area contributed by atoms with Crippen LogP contribution >= 0.6 is 0 Å². The smallest absolute Gasteiger partial charge is 0.307 e. The first kappa shape index (κ1) is 10.4. The van der Waals surface area contributed by atoms with Crippen molar-refractivity contribution in [2.75, 3.05) is 0 Å². The fourth-order valence-electron chi connectivity index (χ4n) is 1.63. The van der Waals surface area contributed by atoms with Crippen molar-refractivity contribution < 1.29 is 9.90 Å². The van der Waals surface area contributed by atoms with Gasteiger partial charge in [-0.3, -0.25) is 9.48 Å². The summed E-state index contributed by atoms with van der Waals surface area (Å²) in [5, 5.41) is 12.7. The topological polar surface area (TPSA) is 55.1 Å². The quantitative estimate of drug-likeness (QED) is 0.849. The van der Waals surface area contributed by atoms with Crippen LogP contribution < -0.4 is 0 Å². The van der Waals surface area contributed by atoms with E-state index in [2.05, 4.69) is 5.10 Å². The highest BCUT2D eigenvalue weighted by molar-refractivity contribution is 5.70. The Balaban J connectivity index is 2.26. The molecule has 1 aromatic heterocycles. The lowest BCUT2D eigenvalue weighted by molar-refractivity contribution is -0.136. The number of hydrogen-bond acceptors (Lipinski definition) is 2. The Kier molecular flexibility index (Phi) is 2.72. The van der Waals surface area contributed by atoms with Crippen molar-refractivity contribution in [3.05, 3.63) is 42.1 Å². The van der Waals surface area contributed by atoms with Crippen LogP contribution in [0.5, 0.6) is 0 Å². The van der Waals surface area contributed by atoms with Crippen molar-refractivity contribution in [3.8, 4) is 11.3 Å². The van der Waals surface area contributed by atoms with E-state index in [1.165, 1.54) is 0 Å². The molecule has 1 N–H and O–H groups in total. The number of benzene rings is 1. The number of carboxylic acids is 1. The molecule has 0 radical (unpaired) electrons. The third kappa shape index (κ3) is 2.11. The fraction of sp³-hybridized carbons (Fsp3) is 0.167. The minimum absolute atomic E-state index is 0.0612. The monoisotopic (exact) mass is 216 g/mol. The van der Waals surface area contributed by atoms with Crippen LogP contribution in [-0.2, 0) is 18.3 Å². The summed E-state index contributed by atoms with van der Waals surface area (Å²) in [7, 11) is 1.88. The molecular weight excluding hydrogens is 204 g/mol. The van der Waals surface area contributed by atoms with E-state index >= 15 is 0 Å². The molecule has 0 aliphatic heterocycles. The zero-order valence-electron chi connectivity index (χ0n) is 8.92. The number of hydrogen-bond donors (Lipinski definition) is 1. The van der Waals surface area contributed by atoms with Gasteiger partial charge in [0.2, 0.25) is 0 Å². The molecule has 1 heterocycles. The van der Waals surface area contributed by atoms with Gasteiger partial charge in [0.25, 0.3) is 0 Å². The number of aliphatic carboxylic acids is 1. The van der Waals surface area contributed by atoms with Gasteiger partial charge in [-0.1, -0.05) is 24.3 Å². The highest BCUT2D eigenvalue weighted by atomic mass is 16.4. The minimum atomic E-state index is -0.812. The maximum absolute atomic E-state index is 10.5. The van der Waals surface area contributed by atoms with Crippen LogP contribution in [0.1, 0.15) is 5.56 Å². The van der Waals surface area contributed by atoms with Gasteiger partial charge in [0.1, 0.15) is 0 Å². The number of aromatic nitrogens is 2. The Morgan fingerprint density at radius 1 is 1.31 bits per heavy atom. The standard InChI is InChI=1S/C12H12N2O2/c1-14-11(6-7-13-14)10-4-2-9(3-5-10)8-12(15)16/h2-7H,8H2,1H3,(H,15,16). The molecule has 4 nitrogen and oxygen atoms in total. The lowest BCUT2D eigenvalue weighted by Crippen LogP contribution is -1.99. The summed E-state index contributed by atoms with van der Waals surface area (Å²) < 4.78 is 1.78. The van der Waals surface area contributed by atoms with Gasteiger partial charge in [-0.25, -0.2) is 0 Å². The van der Waals surface area contributed by atoms with Gasteiger partial charge in [-0.05, 0) is 17.2 Å². The van der Waals surface area contributed by atoms with E-state index in [0.29, 0.717) is 0 Å². The molecule has 0 aliphatic rings. The van der Waals surface area contributed by atoms with Gasteiger partial charge in [0.05, 0.1) is 12.1 Å². The molecule has 0 unspecified atom stereocenters. The SMILES string of the molecule is Cn1nccc1-c1ccc(CC(=O)O)cc1. The molecule has 0 atom stereocenters. The molecule has 0 fully saturated rings. The molecule has 0 spiro atoms. The van der Waals surface area contributed by atoms with Gasteiger partial charge in [0, 0.05) is 13.2 Å². The van der Waals surface area contributed by atoms with E-state index in [0.717, 1.165) is 16.8 Å². The average Bonchev–Trinajstić information content (AvgIpc) is 2.65. The number of rotatable bonds is 3. The molecule has 16 heavy (non-hydrogen) atoms. The zero-order valence-corrected chi connectivity index (χ0v) is 8.92. The second-order valence-corrected chi connectivity index (χ2v) is 3.61. The highest BCUT2D eigenvalue weighted by Gasteiger charge is 2.03. The molecule has 1 aromatic carbocycles. The van der Waals surface area contributed by atoms with Crippen molar-refractivity contribution in [1.29, 1.82) is 0 Å². The van der Waals surface area contributed by atoms with Crippen LogP contribution in [0.3, 0.4) is 0 Å². The summed E-state index contributed by atoms with van der Waals surface area (Å²) in [5.41, 5.74) is 2.86. The zero-order chi connectivity index (χ0) is 11.5. The maximum Gasteiger partial charge on any atom is 0.307 e. The van der Waals surface area contributed by atoms with Crippen molar-refractivity contribution in [3.63, 3.8) is 0 Å². The summed E-state index contributed by atoms with van der Waals surface area (Å²) in [6.45, 7) is 0. The Hall–Kier alpha value is -2.10. The predicted octanol–water partition coefficient (Wildman–Crippen LogP) is 1.71. The summed E-state index contributed by atoms with van der Waals surface area (Å²) in [5.74, 6) is -0.812. The third-order valence-corrected chi connectivity index (χ3v) is 2.43. The van der Waals surface area contributed by atoms with E-state index < -0.39 is 5.97 Å². The first-order valence-corrected chi connectivity index (χ1v) is 4.96. The average molecular weight is 216 g/mol. The lowest BCUT2D eigenvalue weighted by Gasteiger charge is -2.03. The second-order valence-electron chi connectivity index (χ2n) is 3.61. The van der Waals surface area contributed by atoms with Crippen LogP contribution in [0.4, 0.5) is 0 Å². The van der Waals surface area contributed by atoms with Crippen LogP contribution in [0.15, 0.2) is 36.5 Å². The van der Waals surface area contributed by atoms with Gasteiger partial charge in [0.15, 0.2) is 0 Å². The van der Waals surface area contributed by atoms with Gasteiger partial charge >= 0.3 is 5.97 Å². The maximum atomic E-state index is 10.5. The van der Waals surface area contributed by atoms with Gasteiger partial charge < -0.3 is 5.11 Å². The summed E-state index contributed by atoms with van der Waals surface area (Å²) >= 11 is 0. The molecule has 0 bridgehead atoms. The fourth-order valence-corrected chi connectivity index (χ4v) is 1.63. The highest BCUT2D eigenvalue weighted by Crippen LogP contribution is 2.18. The molecule has 4 heteroatoms. The van der Waals surface area contributed by atoms with Crippen LogP contribution in [0.25, 0.3) is 11.3 Å². The first-order valence-electron chi connectivity index (χ1n) is 4.96. The number of carboxylic acid groups (broad SMARTS) is 1. The normalized spacial score (nSPS) is 10.3. The van der Waals surface area contributed by atoms with Crippen molar-refractivity contribution >= 4 is 5.97 Å². The van der Waals surface area contributed by atoms with E-state index in [1.807, 2.05) is 37.4 Å². The molecule has 82 valence electrons. The Morgan fingerprint density at radius 3 is 2.50 bits per heavy atom. The molecular formula is C12H12N2O2. The van der Waals surface area contributed by atoms with E-state index in [1.54, 1.807) is 10.9 Å². The number of carbonyl (C=O) groups is 1. The van der Waals surface area contributed by atoms with E-state index in [4.69, 9.17) is 5.11 Å². The second kappa shape index (κ2) is 4.18. The Morgan fingerprint density at radius 2 is 2.00 bits per heavy atom. The Bertz CT molecular complexity index is 500. The van der Waals surface area contributed by atoms with Gasteiger partial charge in [-0.2, -0.15) is 5.10 Å². The molecule has 0 saturated carbocycles. The summed E-state index contributed by atoms with van der Waals surface area (Å²) in [6.07, 6.45) is 1.80. The lowest BCUT2D eigenvalue weighted by atomic mass is 10.1. The predicted molar refractivity (Wildman–Crippen MR) is 60.0 cm³/mol. The molecule has 0 amide bonds. The van der Waals surface area contributed by atoms with Crippen molar-refractivity contribution in [2.24, 2.45) is 7.05 Å². The third-order valence-electron chi connectivity index (χ3n) is 2.43. The van der Waals surface area contributed by atoms with Crippen LogP contribution in [0.2, 0.25) is 0 Å². The molecule has 0 aliphatic carbocycles. The molecule has 2 aromatic rings. The van der Waals surface area contributed by atoms with Gasteiger partial charge in [-0.15, -0.1) is 0 Å². The number of aryl methyl sites for hydroxylation is 1. The van der Waals surface area contributed by atoms with Crippen LogP contribution in [-0.4, -0.2) is 20.9 Å². The molecule has 0 saturated heterocycles. The van der Waals surface area contributed by atoms with Crippen LogP contribution in [0, 0.1) is 0 Å². The largest absolute Gasteiger partial charge is 0.481 e. The summed E-state index contributed by atoms with van der Waals surface area (Å²) in [4.78, 5) is 10.5. The summed E-state index contributed by atoms with van der Waals surface area (Å²) in [6, 6.07) is 9.41. The molecule has 2 rings (SSSR count). The van der Waals surface area contributed by atoms with E-state index in [-0.39, 0.29) is 6.42 Å². The van der Waals surface area contributed by atoms with E-state index in [9.17, 15) is 4.79 Å². The van der Waals surface area contributed by atoms with Crippen molar-refractivity contribution in [2.45, 2.75) is 6.42 Å². The Labute approximate surface area is 93.1 Å². The first-order chi connectivity index (χ1) is 7.66. The number of nitrogens with zero attached hydrogens (tertiary/aromatic N) is 2. The minimum Gasteiger partial charge on any atom is -0.481 e.